The fourth-order valence-electron chi connectivity index (χ4n) is 1.91. The zero-order valence-corrected chi connectivity index (χ0v) is 13.6. The molecule has 4 heteroatoms. The van der Waals surface area contributed by atoms with E-state index in [-0.39, 0.29) is 11.6 Å². The maximum absolute atomic E-state index is 13.6. The van der Waals surface area contributed by atoms with Gasteiger partial charge in [0, 0.05) is 11.0 Å². The van der Waals surface area contributed by atoms with Gasteiger partial charge in [-0.2, -0.15) is 0 Å². The highest BCUT2D eigenvalue weighted by atomic mass is 79.9. The molecule has 0 aromatic heterocycles. The maximum atomic E-state index is 13.6. The fraction of sp³-hybridized carbons (Fsp3) is 0.294. The second-order valence-corrected chi connectivity index (χ2v) is 5.77. The molecule has 0 amide bonds. The van der Waals surface area contributed by atoms with Crippen LogP contribution in [0, 0.1) is 5.82 Å². The third-order valence-corrected chi connectivity index (χ3v) is 3.56. The van der Waals surface area contributed by atoms with Gasteiger partial charge in [-0.1, -0.05) is 47.1 Å². The number of nitrogens with one attached hydrogen (secondary N) is 1. The Morgan fingerprint density at radius 2 is 1.81 bits per heavy atom. The zero-order chi connectivity index (χ0) is 15.1. The second kappa shape index (κ2) is 8.15. The first-order valence-electron chi connectivity index (χ1n) is 7.05. The summed E-state index contributed by atoms with van der Waals surface area (Å²) in [6, 6.07) is 12.8. The quantitative estimate of drug-likeness (QED) is 0.732. The van der Waals surface area contributed by atoms with Gasteiger partial charge >= 0.3 is 0 Å². The summed E-state index contributed by atoms with van der Waals surface area (Å²) in [5.74, 6) is -0.0864. The highest BCUT2D eigenvalue weighted by Crippen LogP contribution is 2.23. The van der Waals surface area contributed by atoms with Gasteiger partial charge in [-0.3, -0.25) is 0 Å². The van der Waals surface area contributed by atoms with Crippen LogP contribution in [0.5, 0.6) is 5.75 Å². The predicted octanol–water partition coefficient (Wildman–Crippen LogP) is 4.67. The Balaban J connectivity index is 1.90. The molecule has 112 valence electrons. The number of hydrogen-bond donors (Lipinski definition) is 1. The Bertz CT molecular complexity index is 572. The Morgan fingerprint density at radius 1 is 1.10 bits per heavy atom. The predicted molar refractivity (Wildman–Crippen MR) is 86.9 cm³/mol. The highest BCUT2D eigenvalue weighted by Gasteiger charge is 2.04. The first kappa shape index (κ1) is 16.0. The molecule has 2 aromatic rings. The van der Waals surface area contributed by atoms with Crippen molar-refractivity contribution < 1.29 is 9.13 Å². The van der Waals surface area contributed by atoms with E-state index in [0.29, 0.717) is 6.61 Å². The molecule has 2 nitrogen and oxygen atoms in total. The summed E-state index contributed by atoms with van der Waals surface area (Å²) < 4.78 is 19.9. The van der Waals surface area contributed by atoms with Crippen molar-refractivity contribution in [1.29, 1.82) is 0 Å². The van der Waals surface area contributed by atoms with Gasteiger partial charge in [0.05, 0.1) is 0 Å². The molecule has 0 unspecified atom stereocenters. The van der Waals surface area contributed by atoms with Gasteiger partial charge in [0.1, 0.15) is 6.61 Å². The van der Waals surface area contributed by atoms with E-state index >= 15 is 0 Å². The number of rotatable bonds is 7. The standard InChI is InChI=1S/C17H19BrFNO/c1-2-9-20-11-13-3-5-14(6-4-13)12-21-17-10-15(18)7-8-16(17)19/h3-8,10,20H,2,9,11-12H2,1H3. The Labute approximate surface area is 133 Å². The van der Waals surface area contributed by atoms with Gasteiger partial charge in [-0.15, -0.1) is 0 Å². The van der Waals surface area contributed by atoms with Crippen molar-refractivity contribution in [2.75, 3.05) is 6.54 Å². The largest absolute Gasteiger partial charge is 0.486 e. The van der Waals surface area contributed by atoms with Crippen molar-refractivity contribution >= 4 is 15.9 Å². The molecule has 0 aliphatic carbocycles. The normalized spacial score (nSPS) is 10.6. The van der Waals surface area contributed by atoms with Crippen LogP contribution in [0.2, 0.25) is 0 Å². The summed E-state index contributed by atoms with van der Waals surface area (Å²) in [6.45, 7) is 4.40. The minimum Gasteiger partial charge on any atom is -0.486 e. The van der Waals surface area contributed by atoms with Crippen molar-refractivity contribution in [3.05, 3.63) is 63.9 Å². The van der Waals surface area contributed by atoms with Gasteiger partial charge in [0.25, 0.3) is 0 Å². The summed E-state index contributed by atoms with van der Waals surface area (Å²) in [6.07, 6.45) is 1.13. The SMILES string of the molecule is CCCNCc1ccc(COc2cc(Br)ccc2F)cc1. The molecule has 2 aromatic carbocycles. The number of benzene rings is 2. The lowest BCUT2D eigenvalue weighted by Gasteiger charge is -2.09. The molecular formula is C17H19BrFNO. The smallest absolute Gasteiger partial charge is 0.165 e. The first-order chi connectivity index (χ1) is 10.2. The van der Waals surface area contributed by atoms with Crippen LogP contribution in [-0.4, -0.2) is 6.54 Å². The molecule has 0 aliphatic heterocycles. The average Bonchev–Trinajstić information content (AvgIpc) is 2.50. The van der Waals surface area contributed by atoms with Gasteiger partial charge in [-0.05, 0) is 42.3 Å². The molecule has 1 N–H and O–H groups in total. The van der Waals surface area contributed by atoms with Crippen LogP contribution in [0.25, 0.3) is 0 Å². The topological polar surface area (TPSA) is 21.3 Å². The maximum Gasteiger partial charge on any atom is 0.165 e. The van der Waals surface area contributed by atoms with Crippen LogP contribution < -0.4 is 10.1 Å². The molecule has 0 aliphatic rings. The van der Waals surface area contributed by atoms with Crippen molar-refractivity contribution in [2.24, 2.45) is 0 Å². The average molecular weight is 352 g/mol. The van der Waals surface area contributed by atoms with Crippen molar-refractivity contribution in [2.45, 2.75) is 26.5 Å². The second-order valence-electron chi connectivity index (χ2n) is 4.86. The monoisotopic (exact) mass is 351 g/mol. The van der Waals surface area contributed by atoms with Crippen LogP contribution in [-0.2, 0) is 13.2 Å². The minimum atomic E-state index is -0.349. The molecule has 0 spiro atoms. The zero-order valence-electron chi connectivity index (χ0n) is 12.0. The molecule has 2 rings (SSSR count). The molecule has 0 fully saturated rings. The summed E-state index contributed by atoms with van der Waals surface area (Å²) in [5.41, 5.74) is 2.26. The molecule has 21 heavy (non-hydrogen) atoms. The van der Waals surface area contributed by atoms with Gasteiger partial charge in [-0.25, -0.2) is 4.39 Å². The van der Waals surface area contributed by atoms with Crippen LogP contribution >= 0.6 is 15.9 Å². The molecule has 0 radical (unpaired) electrons. The lowest BCUT2D eigenvalue weighted by molar-refractivity contribution is 0.290. The minimum absolute atomic E-state index is 0.262. The fourth-order valence-corrected chi connectivity index (χ4v) is 2.25. The Kier molecular flexibility index (Phi) is 6.21. The van der Waals surface area contributed by atoms with E-state index < -0.39 is 0 Å². The molecule has 0 saturated heterocycles. The van der Waals surface area contributed by atoms with Crippen LogP contribution in [0.3, 0.4) is 0 Å². The lowest BCUT2D eigenvalue weighted by atomic mass is 10.1. The lowest BCUT2D eigenvalue weighted by Crippen LogP contribution is -2.13. The van der Waals surface area contributed by atoms with E-state index in [2.05, 4.69) is 40.3 Å². The molecule has 0 bridgehead atoms. The first-order valence-corrected chi connectivity index (χ1v) is 7.84. The number of ether oxygens (including phenoxy) is 1. The van der Waals surface area contributed by atoms with Crippen molar-refractivity contribution in [3.8, 4) is 5.75 Å². The van der Waals surface area contributed by atoms with Crippen LogP contribution in [0.1, 0.15) is 24.5 Å². The molecular weight excluding hydrogens is 333 g/mol. The van der Waals surface area contributed by atoms with E-state index in [1.54, 1.807) is 12.1 Å². The third-order valence-electron chi connectivity index (χ3n) is 3.07. The van der Waals surface area contributed by atoms with Crippen molar-refractivity contribution in [3.63, 3.8) is 0 Å². The van der Waals surface area contributed by atoms with Crippen LogP contribution in [0.15, 0.2) is 46.9 Å². The third kappa shape index (κ3) is 5.14. The van der Waals surface area contributed by atoms with E-state index in [1.807, 2.05) is 12.1 Å². The van der Waals surface area contributed by atoms with E-state index in [1.165, 1.54) is 11.6 Å². The van der Waals surface area contributed by atoms with Gasteiger partial charge in [0.15, 0.2) is 11.6 Å². The summed E-state index contributed by atoms with van der Waals surface area (Å²) >= 11 is 3.31. The number of hydrogen-bond acceptors (Lipinski definition) is 2. The van der Waals surface area contributed by atoms with E-state index in [0.717, 1.165) is 29.5 Å². The van der Waals surface area contributed by atoms with Crippen molar-refractivity contribution in [1.82, 2.24) is 5.32 Å². The molecule has 0 atom stereocenters. The Hall–Kier alpha value is -1.39. The highest BCUT2D eigenvalue weighted by molar-refractivity contribution is 9.10. The molecule has 0 saturated carbocycles. The van der Waals surface area contributed by atoms with Crippen LogP contribution in [0.4, 0.5) is 4.39 Å². The van der Waals surface area contributed by atoms with Gasteiger partial charge in [0.2, 0.25) is 0 Å². The summed E-state index contributed by atoms with van der Waals surface area (Å²) in [7, 11) is 0. The van der Waals surface area contributed by atoms with E-state index in [4.69, 9.17) is 4.74 Å². The van der Waals surface area contributed by atoms with E-state index in [9.17, 15) is 4.39 Å². The Morgan fingerprint density at radius 3 is 2.52 bits per heavy atom. The number of halogens is 2. The summed E-state index contributed by atoms with van der Waals surface area (Å²) in [4.78, 5) is 0. The molecule has 0 heterocycles. The van der Waals surface area contributed by atoms with Gasteiger partial charge < -0.3 is 10.1 Å². The summed E-state index contributed by atoms with van der Waals surface area (Å²) in [5, 5.41) is 3.36.